The molecular weight excluding hydrogens is 410 g/mol. The zero-order chi connectivity index (χ0) is 17.7. The molecule has 0 saturated carbocycles. The summed E-state index contributed by atoms with van der Waals surface area (Å²) in [6, 6.07) is 7.18. The largest absolute Gasteiger partial charge is 0.484 e. The van der Waals surface area contributed by atoms with Crippen LogP contribution in [0.4, 0.5) is 0 Å². The highest BCUT2D eigenvalue weighted by molar-refractivity contribution is 9.10. The number of hydrogen-bond donors (Lipinski definition) is 1. The van der Waals surface area contributed by atoms with Crippen molar-refractivity contribution in [1.29, 1.82) is 0 Å². The van der Waals surface area contributed by atoms with Gasteiger partial charge < -0.3 is 20.3 Å². The van der Waals surface area contributed by atoms with Crippen molar-refractivity contribution < 1.29 is 14.3 Å². The average Bonchev–Trinajstić information content (AvgIpc) is 2.59. The summed E-state index contributed by atoms with van der Waals surface area (Å²) < 4.78 is 6.47. The van der Waals surface area contributed by atoms with Gasteiger partial charge >= 0.3 is 0 Å². The van der Waals surface area contributed by atoms with E-state index in [9.17, 15) is 9.59 Å². The summed E-state index contributed by atoms with van der Waals surface area (Å²) in [6.45, 7) is 5.82. The molecule has 6 nitrogen and oxygen atoms in total. The maximum Gasteiger partial charge on any atom is 0.260 e. The van der Waals surface area contributed by atoms with E-state index in [2.05, 4.69) is 15.9 Å². The lowest BCUT2D eigenvalue weighted by Gasteiger charge is -2.36. The highest BCUT2D eigenvalue weighted by atomic mass is 79.9. The van der Waals surface area contributed by atoms with E-state index in [1.54, 1.807) is 9.80 Å². The highest BCUT2D eigenvalue weighted by Crippen LogP contribution is 2.16. The molecule has 2 unspecified atom stereocenters. The summed E-state index contributed by atoms with van der Waals surface area (Å²) in [5, 5.41) is 0. The summed E-state index contributed by atoms with van der Waals surface area (Å²) in [4.78, 5) is 28.0. The van der Waals surface area contributed by atoms with Crippen LogP contribution in [0.1, 0.15) is 13.8 Å². The Morgan fingerprint density at radius 3 is 2.16 bits per heavy atom. The van der Waals surface area contributed by atoms with E-state index in [1.807, 2.05) is 38.1 Å². The van der Waals surface area contributed by atoms with E-state index in [-0.39, 0.29) is 42.8 Å². The smallest absolute Gasteiger partial charge is 0.260 e. The lowest BCUT2D eigenvalue weighted by Crippen LogP contribution is -2.53. The molecule has 2 atom stereocenters. The maximum absolute atomic E-state index is 12.3. The number of nitrogens with two attached hydrogens (primary N) is 1. The first kappa shape index (κ1) is 21.7. The molecule has 1 aliphatic heterocycles. The zero-order valence-electron chi connectivity index (χ0n) is 14.5. The van der Waals surface area contributed by atoms with Crippen LogP contribution in [0.5, 0.6) is 5.75 Å². The third-order valence-corrected chi connectivity index (χ3v) is 4.83. The quantitative estimate of drug-likeness (QED) is 0.768. The van der Waals surface area contributed by atoms with Crippen molar-refractivity contribution in [3.05, 3.63) is 28.7 Å². The molecule has 8 heteroatoms. The number of carbonyl (C=O) groups excluding carboxylic acids is 2. The van der Waals surface area contributed by atoms with E-state index in [4.69, 9.17) is 10.5 Å². The van der Waals surface area contributed by atoms with Crippen molar-refractivity contribution in [2.24, 2.45) is 11.7 Å². The van der Waals surface area contributed by atoms with Gasteiger partial charge in [0.25, 0.3) is 5.91 Å². The lowest BCUT2D eigenvalue weighted by atomic mass is 10.0. The van der Waals surface area contributed by atoms with E-state index in [0.717, 1.165) is 4.47 Å². The summed E-state index contributed by atoms with van der Waals surface area (Å²) in [5.41, 5.74) is 5.79. The van der Waals surface area contributed by atoms with Crippen LogP contribution in [0.3, 0.4) is 0 Å². The fourth-order valence-electron chi connectivity index (χ4n) is 2.46. The van der Waals surface area contributed by atoms with Crippen LogP contribution in [0.2, 0.25) is 0 Å². The molecule has 0 spiro atoms. The van der Waals surface area contributed by atoms with Crippen molar-refractivity contribution >= 4 is 40.2 Å². The number of piperazine rings is 1. The Balaban J connectivity index is 0.00000312. The average molecular weight is 435 g/mol. The lowest BCUT2D eigenvalue weighted by molar-refractivity contribution is -0.143. The molecule has 1 aliphatic rings. The fourth-order valence-corrected chi connectivity index (χ4v) is 2.72. The van der Waals surface area contributed by atoms with Crippen molar-refractivity contribution in [1.82, 2.24) is 9.80 Å². The fraction of sp³-hybridized carbons (Fsp3) is 0.529. The number of nitrogens with zero attached hydrogens (tertiary/aromatic N) is 2. The van der Waals surface area contributed by atoms with Gasteiger partial charge in [-0.05, 0) is 31.2 Å². The van der Waals surface area contributed by atoms with Crippen molar-refractivity contribution in [2.45, 2.75) is 19.9 Å². The van der Waals surface area contributed by atoms with Crippen LogP contribution < -0.4 is 10.5 Å². The molecule has 2 N–H and O–H groups in total. The molecule has 1 fully saturated rings. The normalized spacial score (nSPS) is 16.6. The number of carbonyl (C=O) groups is 2. The second-order valence-corrected chi connectivity index (χ2v) is 7.01. The Hall–Kier alpha value is -1.31. The van der Waals surface area contributed by atoms with E-state index in [0.29, 0.717) is 31.9 Å². The van der Waals surface area contributed by atoms with E-state index in [1.165, 1.54) is 0 Å². The van der Waals surface area contributed by atoms with Crippen LogP contribution in [-0.2, 0) is 9.59 Å². The Bertz CT molecular complexity index is 575. The van der Waals surface area contributed by atoms with Gasteiger partial charge in [0.05, 0.1) is 5.92 Å². The molecule has 140 valence electrons. The van der Waals surface area contributed by atoms with E-state index >= 15 is 0 Å². The van der Waals surface area contributed by atoms with Crippen LogP contribution >= 0.6 is 28.3 Å². The SMILES string of the molecule is CC(N)C(C)C(=O)N1CCN(C(=O)COc2ccc(Br)cc2)CC1.Cl. The van der Waals surface area contributed by atoms with Crippen molar-refractivity contribution in [3.63, 3.8) is 0 Å². The molecule has 25 heavy (non-hydrogen) atoms. The Morgan fingerprint density at radius 2 is 1.64 bits per heavy atom. The number of benzene rings is 1. The molecule has 0 bridgehead atoms. The number of ether oxygens (including phenoxy) is 1. The van der Waals surface area contributed by atoms with Crippen molar-refractivity contribution in [2.75, 3.05) is 32.8 Å². The number of amides is 2. The number of hydrogen-bond acceptors (Lipinski definition) is 4. The van der Waals surface area contributed by atoms with Gasteiger partial charge in [0.1, 0.15) is 5.75 Å². The second kappa shape index (κ2) is 9.99. The minimum absolute atomic E-state index is 0. The van der Waals surface area contributed by atoms with Gasteiger partial charge in [-0.3, -0.25) is 9.59 Å². The molecule has 2 rings (SSSR count). The predicted molar refractivity (Wildman–Crippen MR) is 103 cm³/mol. The van der Waals surface area contributed by atoms with Crippen LogP contribution in [0.25, 0.3) is 0 Å². The first-order valence-corrected chi connectivity index (χ1v) is 8.88. The van der Waals surface area contributed by atoms with E-state index < -0.39 is 0 Å². The van der Waals surface area contributed by atoms with Gasteiger partial charge in [-0.15, -0.1) is 12.4 Å². The van der Waals surface area contributed by atoms with Gasteiger partial charge in [0.15, 0.2) is 6.61 Å². The summed E-state index contributed by atoms with van der Waals surface area (Å²) in [6.07, 6.45) is 0. The van der Waals surface area contributed by atoms with Gasteiger partial charge in [-0.1, -0.05) is 22.9 Å². The summed E-state index contributed by atoms with van der Waals surface area (Å²) >= 11 is 3.35. The molecule has 0 radical (unpaired) electrons. The molecule has 0 aliphatic carbocycles. The molecule has 1 saturated heterocycles. The highest BCUT2D eigenvalue weighted by Gasteiger charge is 2.28. The minimum Gasteiger partial charge on any atom is -0.484 e. The first-order valence-electron chi connectivity index (χ1n) is 8.09. The van der Waals surface area contributed by atoms with Gasteiger partial charge in [0, 0.05) is 36.7 Å². The Kier molecular flexibility index (Phi) is 8.68. The summed E-state index contributed by atoms with van der Waals surface area (Å²) in [7, 11) is 0. The van der Waals surface area contributed by atoms with Gasteiger partial charge in [-0.25, -0.2) is 0 Å². The Morgan fingerprint density at radius 1 is 1.12 bits per heavy atom. The van der Waals surface area contributed by atoms with Crippen LogP contribution in [0.15, 0.2) is 28.7 Å². The number of rotatable bonds is 5. The molecule has 2 amide bonds. The molecule has 1 aromatic carbocycles. The van der Waals surface area contributed by atoms with Gasteiger partial charge in [-0.2, -0.15) is 0 Å². The minimum atomic E-state index is -0.201. The standard InChI is InChI=1S/C17H24BrN3O3.ClH/c1-12(13(2)19)17(23)21-9-7-20(8-10-21)16(22)11-24-15-5-3-14(18)4-6-15;/h3-6,12-13H,7-11,19H2,1-2H3;1H. The zero-order valence-corrected chi connectivity index (χ0v) is 16.9. The third kappa shape index (κ3) is 6.17. The van der Waals surface area contributed by atoms with Gasteiger partial charge in [0.2, 0.25) is 5.91 Å². The third-order valence-electron chi connectivity index (χ3n) is 4.30. The Labute approximate surface area is 163 Å². The van der Waals surface area contributed by atoms with Crippen molar-refractivity contribution in [3.8, 4) is 5.75 Å². The molecule has 1 aromatic rings. The molecular formula is C17H25BrClN3O3. The molecule has 1 heterocycles. The molecule has 0 aromatic heterocycles. The topological polar surface area (TPSA) is 75.9 Å². The second-order valence-electron chi connectivity index (χ2n) is 6.10. The maximum atomic E-state index is 12.3. The monoisotopic (exact) mass is 433 g/mol. The summed E-state index contributed by atoms with van der Waals surface area (Å²) in [5.74, 6) is 0.451. The number of halogens is 2. The van der Waals surface area contributed by atoms with Crippen LogP contribution in [0, 0.1) is 5.92 Å². The van der Waals surface area contributed by atoms with Crippen LogP contribution in [-0.4, -0.2) is 60.4 Å². The predicted octanol–water partition coefficient (Wildman–Crippen LogP) is 1.90. The first-order chi connectivity index (χ1) is 11.4.